The number of aliphatic hydroxyl groups excluding tert-OH is 1. The van der Waals surface area contributed by atoms with Gasteiger partial charge in [0.25, 0.3) is 0 Å². The molecular formula is C20H16Br2F6O3. The molecular weight excluding hydrogens is 562 g/mol. The van der Waals surface area contributed by atoms with Gasteiger partial charge in [0, 0.05) is 27.5 Å². The van der Waals surface area contributed by atoms with Crippen molar-refractivity contribution in [3.05, 3.63) is 67.6 Å². The van der Waals surface area contributed by atoms with E-state index < -0.39 is 29.6 Å². The van der Waals surface area contributed by atoms with Crippen LogP contribution in [0.25, 0.3) is 0 Å². The summed E-state index contributed by atoms with van der Waals surface area (Å²) in [5.41, 5.74) is -0.630. The summed E-state index contributed by atoms with van der Waals surface area (Å²) in [6, 6.07) is 6.35. The number of hydrogen-bond donors (Lipinski definition) is 1. The molecule has 11 heteroatoms. The highest BCUT2D eigenvalue weighted by molar-refractivity contribution is 9.10. The number of carbonyl (C=O) groups excluding carboxylic acids is 1. The highest BCUT2D eigenvalue weighted by Crippen LogP contribution is 2.37. The van der Waals surface area contributed by atoms with Gasteiger partial charge in [0.2, 0.25) is 0 Å². The van der Waals surface area contributed by atoms with Crippen LogP contribution in [0.15, 0.2) is 45.3 Å². The fraction of sp³-hybridized carbons (Fsp3) is 0.350. The van der Waals surface area contributed by atoms with Crippen molar-refractivity contribution in [1.82, 2.24) is 0 Å². The predicted molar refractivity (Wildman–Crippen MR) is 108 cm³/mol. The average Bonchev–Trinajstić information content (AvgIpc) is 2.67. The molecule has 170 valence electrons. The summed E-state index contributed by atoms with van der Waals surface area (Å²) in [6.07, 6.45) is -8.08. The maximum atomic E-state index is 12.5. The van der Waals surface area contributed by atoms with Gasteiger partial charge < -0.3 is 9.84 Å². The SMILES string of the molecule is O=Cc1ccc(C(F)(F)F)cc1Br.OC1CCOC(c2ccc(C(F)(F)F)cc2Br)C1. The van der Waals surface area contributed by atoms with Crippen LogP contribution in [0, 0.1) is 0 Å². The van der Waals surface area contributed by atoms with Crippen molar-refractivity contribution in [3.8, 4) is 0 Å². The van der Waals surface area contributed by atoms with Crippen LogP contribution in [0.2, 0.25) is 0 Å². The van der Waals surface area contributed by atoms with E-state index in [0.29, 0.717) is 35.8 Å². The highest BCUT2D eigenvalue weighted by atomic mass is 79.9. The number of alkyl halides is 6. The van der Waals surface area contributed by atoms with Crippen LogP contribution in [0.5, 0.6) is 0 Å². The molecule has 0 aliphatic carbocycles. The van der Waals surface area contributed by atoms with Crippen LogP contribution in [0.1, 0.15) is 46.0 Å². The summed E-state index contributed by atoms with van der Waals surface area (Å²) in [4.78, 5) is 10.3. The predicted octanol–water partition coefficient (Wildman–Crippen LogP) is 6.96. The first kappa shape index (κ1) is 25.8. The molecule has 0 spiro atoms. The van der Waals surface area contributed by atoms with E-state index in [1.807, 2.05) is 0 Å². The molecule has 0 amide bonds. The van der Waals surface area contributed by atoms with Gasteiger partial charge in [0.15, 0.2) is 6.29 Å². The number of rotatable bonds is 2. The monoisotopic (exact) mass is 576 g/mol. The fourth-order valence-corrected chi connectivity index (χ4v) is 3.87. The summed E-state index contributed by atoms with van der Waals surface area (Å²) in [5.74, 6) is 0. The van der Waals surface area contributed by atoms with E-state index in [4.69, 9.17) is 4.74 Å². The van der Waals surface area contributed by atoms with E-state index in [1.165, 1.54) is 6.07 Å². The molecule has 1 aliphatic heterocycles. The highest BCUT2D eigenvalue weighted by Gasteiger charge is 2.32. The van der Waals surface area contributed by atoms with Gasteiger partial charge in [-0.3, -0.25) is 4.79 Å². The Morgan fingerprint density at radius 3 is 1.94 bits per heavy atom. The number of halogens is 8. The van der Waals surface area contributed by atoms with Crippen molar-refractivity contribution >= 4 is 38.1 Å². The van der Waals surface area contributed by atoms with E-state index in [0.717, 1.165) is 30.3 Å². The Labute approximate surface area is 190 Å². The molecule has 0 radical (unpaired) electrons. The van der Waals surface area contributed by atoms with Crippen molar-refractivity contribution in [2.45, 2.75) is 37.4 Å². The van der Waals surface area contributed by atoms with Gasteiger partial charge in [-0.05, 0) is 42.3 Å². The van der Waals surface area contributed by atoms with Crippen LogP contribution >= 0.6 is 31.9 Å². The lowest BCUT2D eigenvalue weighted by Crippen LogP contribution is -2.23. The number of hydrogen-bond acceptors (Lipinski definition) is 3. The second kappa shape index (κ2) is 10.5. The van der Waals surface area contributed by atoms with Gasteiger partial charge in [0.05, 0.1) is 23.3 Å². The summed E-state index contributed by atoms with van der Waals surface area (Å²) < 4.78 is 79.8. The van der Waals surface area contributed by atoms with E-state index in [-0.39, 0.29) is 16.1 Å². The zero-order valence-corrected chi connectivity index (χ0v) is 18.8. The molecule has 2 aromatic rings. The average molecular weight is 578 g/mol. The maximum Gasteiger partial charge on any atom is 0.416 e. The number of carbonyl (C=O) groups is 1. The van der Waals surface area contributed by atoms with Crippen LogP contribution in [-0.2, 0) is 17.1 Å². The van der Waals surface area contributed by atoms with Crippen LogP contribution < -0.4 is 0 Å². The molecule has 31 heavy (non-hydrogen) atoms. The Kier molecular flexibility index (Phi) is 8.71. The van der Waals surface area contributed by atoms with Crippen molar-refractivity contribution in [2.24, 2.45) is 0 Å². The molecule has 1 N–H and O–H groups in total. The summed E-state index contributed by atoms with van der Waals surface area (Å²) in [5, 5.41) is 9.54. The Hall–Kier alpha value is -1.43. The molecule has 1 aliphatic rings. The fourth-order valence-electron chi connectivity index (χ4n) is 2.76. The Morgan fingerprint density at radius 2 is 1.48 bits per heavy atom. The summed E-state index contributed by atoms with van der Waals surface area (Å²) in [6.45, 7) is 0.416. The third kappa shape index (κ3) is 7.30. The molecule has 2 aromatic carbocycles. The van der Waals surface area contributed by atoms with Crippen molar-refractivity contribution < 1.29 is 41.0 Å². The van der Waals surface area contributed by atoms with E-state index >= 15 is 0 Å². The minimum atomic E-state index is -4.37. The third-order valence-electron chi connectivity index (χ3n) is 4.39. The largest absolute Gasteiger partial charge is 0.416 e. The molecule has 2 unspecified atom stereocenters. The first-order valence-corrected chi connectivity index (χ1v) is 10.4. The molecule has 0 bridgehead atoms. The molecule has 3 rings (SSSR count). The van der Waals surface area contributed by atoms with Crippen molar-refractivity contribution in [2.75, 3.05) is 6.61 Å². The molecule has 3 nitrogen and oxygen atoms in total. The van der Waals surface area contributed by atoms with Crippen LogP contribution in [0.3, 0.4) is 0 Å². The number of ether oxygens (including phenoxy) is 1. The molecule has 1 saturated heterocycles. The normalized spacial score (nSPS) is 19.4. The lowest BCUT2D eigenvalue weighted by molar-refractivity contribution is -0.138. The molecule has 2 atom stereocenters. The van der Waals surface area contributed by atoms with Gasteiger partial charge in [0.1, 0.15) is 0 Å². The Morgan fingerprint density at radius 1 is 0.935 bits per heavy atom. The maximum absolute atomic E-state index is 12.5. The van der Waals surface area contributed by atoms with E-state index in [2.05, 4.69) is 31.9 Å². The van der Waals surface area contributed by atoms with Crippen molar-refractivity contribution in [1.29, 1.82) is 0 Å². The minimum Gasteiger partial charge on any atom is -0.393 e. The quantitative estimate of drug-likeness (QED) is 0.310. The van der Waals surface area contributed by atoms with E-state index in [1.54, 1.807) is 0 Å². The van der Waals surface area contributed by atoms with Gasteiger partial charge in [-0.25, -0.2) is 0 Å². The standard InChI is InChI=1S/C12H12BrF3O2.C8H4BrF3O/c13-10-5-7(12(14,15)16)1-2-9(10)11-6-8(17)3-4-18-11;9-7-3-6(8(10,11)12)2-1-5(7)4-13/h1-2,5,8,11,17H,3-4,6H2;1-4H. The summed E-state index contributed by atoms with van der Waals surface area (Å²) in [7, 11) is 0. The second-order valence-corrected chi connectivity index (χ2v) is 8.33. The van der Waals surface area contributed by atoms with Gasteiger partial charge >= 0.3 is 12.4 Å². The van der Waals surface area contributed by atoms with Crippen molar-refractivity contribution in [3.63, 3.8) is 0 Å². The van der Waals surface area contributed by atoms with Gasteiger partial charge in [-0.15, -0.1) is 0 Å². The molecule has 1 fully saturated rings. The Bertz CT molecular complexity index is 915. The topological polar surface area (TPSA) is 46.5 Å². The van der Waals surface area contributed by atoms with E-state index in [9.17, 15) is 36.2 Å². The van der Waals surface area contributed by atoms with Crippen LogP contribution in [-0.4, -0.2) is 24.1 Å². The third-order valence-corrected chi connectivity index (χ3v) is 5.76. The summed E-state index contributed by atoms with van der Waals surface area (Å²) >= 11 is 6.00. The first-order chi connectivity index (χ1) is 14.3. The lowest BCUT2D eigenvalue weighted by atomic mass is 9.98. The second-order valence-electron chi connectivity index (χ2n) is 6.62. The smallest absolute Gasteiger partial charge is 0.393 e. The van der Waals surface area contributed by atoms with Gasteiger partial charge in [-0.2, -0.15) is 26.3 Å². The lowest BCUT2D eigenvalue weighted by Gasteiger charge is -2.27. The number of aliphatic hydroxyl groups is 1. The van der Waals surface area contributed by atoms with Crippen LogP contribution in [0.4, 0.5) is 26.3 Å². The molecule has 1 heterocycles. The molecule has 0 saturated carbocycles. The Balaban J connectivity index is 0.000000233. The number of aldehydes is 1. The zero-order chi connectivity index (χ0) is 23.4. The first-order valence-electron chi connectivity index (χ1n) is 8.81. The number of benzene rings is 2. The van der Waals surface area contributed by atoms with Gasteiger partial charge in [-0.1, -0.05) is 37.9 Å². The zero-order valence-electron chi connectivity index (χ0n) is 15.6. The molecule has 0 aromatic heterocycles. The minimum absolute atomic E-state index is 0.150.